The molecule has 0 spiro atoms. The average molecular weight is 273 g/mol. The summed E-state index contributed by atoms with van der Waals surface area (Å²) in [5, 5.41) is 10.5. The molecule has 0 amide bonds. The molecule has 1 atom stereocenters. The van der Waals surface area contributed by atoms with Crippen molar-refractivity contribution in [2.24, 2.45) is 0 Å². The predicted molar refractivity (Wildman–Crippen MR) is 65.2 cm³/mol. The van der Waals surface area contributed by atoms with Crippen LogP contribution in [0.3, 0.4) is 0 Å². The molecule has 0 aromatic heterocycles. The van der Waals surface area contributed by atoms with Gasteiger partial charge < -0.3 is 4.89 Å². The third kappa shape index (κ3) is 4.12. The first-order chi connectivity index (χ1) is 8.33. The van der Waals surface area contributed by atoms with Gasteiger partial charge in [0, 0.05) is 24.3 Å². The van der Waals surface area contributed by atoms with Crippen LogP contribution >= 0.6 is 8.25 Å². The van der Waals surface area contributed by atoms with Gasteiger partial charge in [-0.2, -0.15) is 0 Å². The van der Waals surface area contributed by atoms with E-state index in [2.05, 4.69) is 4.52 Å². The van der Waals surface area contributed by atoms with Gasteiger partial charge in [0.15, 0.2) is 6.61 Å². The van der Waals surface area contributed by atoms with Crippen molar-refractivity contribution in [1.82, 2.24) is 4.48 Å². The molecule has 1 aromatic rings. The number of hydrogen-bond donors (Lipinski definition) is 0. The maximum absolute atomic E-state index is 10.5. The molecule has 0 saturated carbocycles. The van der Waals surface area contributed by atoms with Gasteiger partial charge in [-0.25, -0.2) is 0 Å². The summed E-state index contributed by atoms with van der Waals surface area (Å²) in [6.45, 7) is 0.518. The van der Waals surface area contributed by atoms with Crippen molar-refractivity contribution >= 4 is 19.6 Å². The van der Waals surface area contributed by atoms with E-state index < -0.39 is 13.2 Å². The van der Waals surface area contributed by atoms with Gasteiger partial charge in [-0.05, 0) is 4.57 Å². The first kappa shape index (κ1) is 14.7. The molecule has 0 heterocycles. The Labute approximate surface area is 105 Å². The van der Waals surface area contributed by atoms with E-state index in [1.807, 2.05) is 14.1 Å². The zero-order valence-corrected chi connectivity index (χ0v) is 11.0. The van der Waals surface area contributed by atoms with Crippen LogP contribution in [0.5, 0.6) is 0 Å². The summed E-state index contributed by atoms with van der Waals surface area (Å²) in [5.41, 5.74) is 0.864. The number of nitrogens with zero attached hydrogens (tertiary/aromatic N) is 2. The van der Waals surface area contributed by atoms with Gasteiger partial charge in [0.2, 0.25) is 0 Å². The summed E-state index contributed by atoms with van der Waals surface area (Å²) >= 11 is 0. The number of nitro benzene ring substituents is 1. The second kappa shape index (κ2) is 5.97. The fourth-order valence-electron chi connectivity index (χ4n) is 1.45. The van der Waals surface area contributed by atoms with E-state index in [4.69, 9.17) is 0 Å². The number of likely N-dealkylation sites (N-methyl/N-ethyl adjacent to an activating group) is 1. The zero-order chi connectivity index (χ0) is 13.8. The third-order valence-electron chi connectivity index (χ3n) is 2.61. The molecule has 1 unspecified atom stereocenters. The summed E-state index contributed by atoms with van der Waals surface area (Å²) in [6.07, 6.45) is 0. The zero-order valence-electron chi connectivity index (χ0n) is 10.1. The Hall–Kier alpha value is -1.40. The van der Waals surface area contributed by atoms with Crippen molar-refractivity contribution in [2.75, 3.05) is 27.2 Å². The van der Waals surface area contributed by atoms with Crippen molar-refractivity contribution in [3.63, 3.8) is 0 Å². The highest BCUT2D eigenvalue weighted by atomic mass is 31.1. The van der Waals surface area contributed by atoms with E-state index >= 15 is 0 Å². The minimum absolute atomic E-state index is 0.0256. The third-order valence-corrected chi connectivity index (χ3v) is 3.00. The molecule has 0 aliphatic heterocycles. The minimum Gasteiger partial charge on any atom is -0.566 e. The molecule has 0 aliphatic carbocycles. The molecule has 1 aromatic carbocycles. The first-order valence-electron chi connectivity index (χ1n) is 5.18. The molecule has 8 heteroatoms. The molecule has 0 N–H and O–H groups in total. The number of rotatable bonds is 6. The monoisotopic (exact) mass is 273 g/mol. The molecule has 0 fully saturated rings. The topological polar surface area (TPSA) is 92.5 Å². The Bertz CT molecular complexity index is 446. The van der Waals surface area contributed by atoms with E-state index in [1.54, 1.807) is 12.1 Å². The van der Waals surface area contributed by atoms with Crippen LogP contribution in [-0.4, -0.2) is 32.2 Å². The Morgan fingerprint density at radius 1 is 1.33 bits per heavy atom. The number of hydrogen-bond acceptors (Lipinski definition) is 5. The lowest BCUT2D eigenvalue weighted by molar-refractivity contribution is -0.384. The molecular formula is C10H14N2O5P+. The fraction of sp³-hybridized carbons (Fsp3) is 0.400. The smallest absolute Gasteiger partial charge is 0.488 e. The lowest BCUT2D eigenvalue weighted by Gasteiger charge is -2.28. The molecule has 98 valence electrons. The van der Waals surface area contributed by atoms with Gasteiger partial charge in [-0.1, -0.05) is 0 Å². The highest BCUT2D eigenvalue weighted by Gasteiger charge is 2.21. The van der Waals surface area contributed by atoms with E-state index in [1.165, 1.54) is 12.1 Å². The molecule has 18 heavy (non-hydrogen) atoms. The van der Waals surface area contributed by atoms with Crippen LogP contribution in [0.2, 0.25) is 0 Å². The standard InChI is InChI=1S/C10H14N2O5P/c1-12(2,7-8-17-18(15)16)10-5-3-9(4-6-10)11(13)14/h3-6H,7-8H2,1-2H3/q+1. The lowest BCUT2D eigenvalue weighted by atomic mass is 10.2. The predicted octanol–water partition coefficient (Wildman–Crippen LogP) is 1.20. The van der Waals surface area contributed by atoms with Crippen LogP contribution in [0.15, 0.2) is 24.3 Å². The number of quaternary nitrogens is 1. The summed E-state index contributed by atoms with van der Waals surface area (Å²) in [6, 6.07) is 6.14. The Morgan fingerprint density at radius 2 is 1.89 bits per heavy atom. The summed E-state index contributed by atoms with van der Waals surface area (Å²) in [4.78, 5) is 20.3. The summed E-state index contributed by atoms with van der Waals surface area (Å²) in [5.74, 6) is 0. The first-order valence-corrected chi connectivity index (χ1v) is 6.28. The Kier molecular flexibility index (Phi) is 4.86. The second-order valence-corrected chi connectivity index (χ2v) is 4.94. The van der Waals surface area contributed by atoms with Gasteiger partial charge >= 0.3 is 8.25 Å². The largest absolute Gasteiger partial charge is 0.566 e. The molecule has 0 radical (unpaired) electrons. The van der Waals surface area contributed by atoms with E-state index in [0.29, 0.717) is 11.0 Å². The van der Waals surface area contributed by atoms with Gasteiger partial charge in [-0.15, -0.1) is 4.52 Å². The molecule has 7 nitrogen and oxygen atoms in total. The SMILES string of the molecule is C[N+](C)(CCO[P+](=O)[O-])c1ccc([N+](=O)[O-])cc1. The highest BCUT2D eigenvalue weighted by Crippen LogP contribution is 2.22. The van der Waals surface area contributed by atoms with Crippen LogP contribution in [0.25, 0.3) is 0 Å². The van der Waals surface area contributed by atoms with Crippen LogP contribution in [0.4, 0.5) is 11.4 Å². The van der Waals surface area contributed by atoms with E-state index in [9.17, 15) is 19.6 Å². The molecule has 0 aliphatic rings. The average Bonchev–Trinajstić information content (AvgIpc) is 2.28. The molecule has 0 saturated heterocycles. The van der Waals surface area contributed by atoms with Crippen molar-refractivity contribution in [2.45, 2.75) is 0 Å². The number of benzene rings is 1. The van der Waals surface area contributed by atoms with Crippen LogP contribution in [0.1, 0.15) is 0 Å². The van der Waals surface area contributed by atoms with Crippen LogP contribution < -0.4 is 9.38 Å². The Balaban J connectivity index is 2.71. The van der Waals surface area contributed by atoms with Gasteiger partial charge in [0.05, 0.1) is 19.0 Å². The van der Waals surface area contributed by atoms with Gasteiger partial charge in [0.25, 0.3) is 5.69 Å². The quantitative estimate of drug-likeness (QED) is 0.336. The van der Waals surface area contributed by atoms with Gasteiger partial charge in [0.1, 0.15) is 12.2 Å². The second-order valence-electron chi connectivity index (χ2n) is 4.24. The maximum Gasteiger partial charge on any atom is 0.488 e. The van der Waals surface area contributed by atoms with Crippen molar-refractivity contribution in [3.05, 3.63) is 34.4 Å². The normalized spacial score (nSPS) is 12.3. The van der Waals surface area contributed by atoms with Crippen molar-refractivity contribution < 1.29 is 18.9 Å². The van der Waals surface area contributed by atoms with E-state index in [-0.39, 0.29) is 12.3 Å². The lowest BCUT2D eigenvalue weighted by Crippen LogP contribution is -2.43. The summed E-state index contributed by atoms with van der Waals surface area (Å²) < 4.78 is 15.1. The van der Waals surface area contributed by atoms with E-state index in [0.717, 1.165) is 5.69 Å². The minimum atomic E-state index is -2.84. The van der Waals surface area contributed by atoms with Crippen LogP contribution in [-0.2, 0) is 9.09 Å². The molecule has 0 bridgehead atoms. The number of non-ortho nitro benzene ring substituents is 1. The van der Waals surface area contributed by atoms with Crippen LogP contribution in [0, 0.1) is 10.1 Å². The Morgan fingerprint density at radius 3 is 2.33 bits per heavy atom. The fourth-order valence-corrected chi connectivity index (χ4v) is 1.68. The molecular weight excluding hydrogens is 259 g/mol. The van der Waals surface area contributed by atoms with Gasteiger partial charge in [-0.3, -0.25) is 14.6 Å². The molecule has 1 rings (SSSR count). The summed E-state index contributed by atoms with van der Waals surface area (Å²) in [7, 11) is 0.891. The van der Waals surface area contributed by atoms with Crippen molar-refractivity contribution in [1.29, 1.82) is 0 Å². The maximum atomic E-state index is 10.5. The number of nitro groups is 1. The highest BCUT2D eigenvalue weighted by molar-refractivity contribution is 7.30. The van der Waals surface area contributed by atoms with Crippen molar-refractivity contribution in [3.8, 4) is 0 Å².